The highest BCUT2D eigenvalue weighted by Crippen LogP contribution is 2.15. The number of carbonyl (C=O) groups is 2. The summed E-state index contributed by atoms with van der Waals surface area (Å²) in [5.74, 6) is -2.33. The summed E-state index contributed by atoms with van der Waals surface area (Å²) >= 11 is 11.6. The van der Waals surface area contributed by atoms with E-state index in [1.165, 1.54) is 0 Å². The molecule has 0 aliphatic carbocycles. The number of carbonyl (C=O) groups excluding carboxylic acids is 2. The lowest BCUT2D eigenvalue weighted by atomic mass is 10.2. The molecule has 2 aromatic rings. The van der Waals surface area contributed by atoms with Crippen LogP contribution in [-0.4, -0.2) is 11.8 Å². The fourth-order valence-corrected chi connectivity index (χ4v) is 1.51. The van der Waals surface area contributed by atoms with E-state index < -0.39 is 81.3 Å². The molecular formula is C14H10Cl2N2O2. The van der Waals surface area contributed by atoms with Crippen LogP contribution in [0.4, 0.5) is 0 Å². The third-order valence-corrected chi connectivity index (χ3v) is 2.59. The van der Waals surface area contributed by atoms with Gasteiger partial charge in [0.05, 0.1) is 32.1 Å². The zero-order chi connectivity index (χ0) is 21.5. The molecule has 0 bridgehead atoms. The summed E-state index contributed by atoms with van der Waals surface area (Å²) < 4.78 is 60.8. The zero-order valence-electron chi connectivity index (χ0n) is 17.6. The second-order valence-corrected chi connectivity index (χ2v) is 4.04. The van der Waals surface area contributed by atoms with Gasteiger partial charge < -0.3 is 0 Å². The molecule has 0 heterocycles. The molecule has 0 aliphatic heterocycles. The molecule has 0 fully saturated rings. The Morgan fingerprint density at radius 3 is 1.55 bits per heavy atom. The van der Waals surface area contributed by atoms with Gasteiger partial charge in [0, 0.05) is 0 Å². The Hall–Kier alpha value is -2.04. The van der Waals surface area contributed by atoms with Gasteiger partial charge in [-0.05, 0) is 24.2 Å². The molecule has 0 spiro atoms. The van der Waals surface area contributed by atoms with Crippen molar-refractivity contribution in [3.05, 3.63) is 69.5 Å². The highest BCUT2D eigenvalue weighted by Gasteiger charge is 2.13. The minimum Gasteiger partial charge on any atom is -0.267 e. The first-order valence-electron chi connectivity index (χ1n) is 9.04. The van der Waals surface area contributed by atoms with Crippen LogP contribution in [0.3, 0.4) is 0 Å². The predicted octanol–water partition coefficient (Wildman–Crippen LogP) is 3.07. The largest absolute Gasteiger partial charge is 0.271 e. The third-order valence-electron chi connectivity index (χ3n) is 2.03. The fourth-order valence-electron chi connectivity index (χ4n) is 1.15. The molecule has 0 saturated heterocycles. The van der Waals surface area contributed by atoms with E-state index in [1.54, 1.807) is 0 Å². The summed E-state index contributed by atoms with van der Waals surface area (Å²) in [5, 5.41) is -1.12. The Morgan fingerprint density at radius 2 is 1.15 bits per heavy atom. The van der Waals surface area contributed by atoms with Gasteiger partial charge in [-0.2, -0.15) is 0 Å². The van der Waals surface area contributed by atoms with Crippen molar-refractivity contribution in [2.24, 2.45) is 0 Å². The molecule has 6 heteroatoms. The topological polar surface area (TPSA) is 58.2 Å². The van der Waals surface area contributed by atoms with Crippen molar-refractivity contribution in [1.82, 2.24) is 10.9 Å². The van der Waals surface area contributed by atoms with Gasteiger partial charge in [-0.15, -0.1) is 0 Å². The molecule has 0 atom stereocenters. The van der Waals surface area contributed by atoms with Gasteiger partial charge in [0.25, 0.3) is 11.8 Å². The van der Waals surface area contributed by atoms with Gasteiger partial charge in [0.2, 0.25) is 0 Å². The molecule has 0 unspecified atom stereocenters. The molecule has 2 amide bonds. The molecular weight excluding hydrogens is 299 g/mol. The van der Waals surface area contributed by atoms with Crippen molar-refractivity contribution in [2.45, 2.75) is 0 Å². The van der Waals surface area contributed by atoms with Crippen LogP contribution in [0.1, 0.15) is 31.7 Å². The normalized spacial score (nSPS) is 15.5. The van der Waals surface area contributed by atoms with Crippen LogP contribution >= 0.6 is 23.2 Å². The molecule has 20 heavy (non-hydrogen) atoms. The van der Waals surface area contributed by atoms with Crippen molar-refractivity contribution in [1.29, 1.82) is 0 Å². The number of benzene rings is 2. The number of halogens is 2. The van der Waals surface area contributed by atoms with Crippen LogP contribution in [0.15, 0.2) is 48.3 Å². The van der Waals surface area contributed by atoms with Gasteiger partial charge >= 0.3 is 0 Å². The van der Waals surface area contributed by atoms with E-state index in [0.29, 0.717) is 0 Å². The van der Waals surface area contributed by atoms with Crippen LogP contribution in [0.25, 0.3) is 0 Å². The number of amides is 2. The van der Waals surface area contributed by atoms with E-state index in [2.05, 4.69) is 0 Å². The number of hydrogen-bond donors (Lipinski definition) is 2. The van der Waals surface area contributed by atoms with Gasteiger partial charge in [0.1, 0.15) is 0 Å². The Morgan fingerprint density at radius 1 is 0.800 bits per heavy atom. The van der Waals surface area contributed by atoms with Crippen LogP contribution in [-0.2, 0) is 0 Å². The maximum atomic E-state index is 12.3. The summed E-state index contributed by atoms with van der Waals surface area (Å²) in [4.78, 5) is 24.5. The summed E-state index contributed by atoms with van der Waals surface area (Å²) in [5.41, 5.74) is 2.52. The maximum absolute atomic E-state index is 12.3. The smallest absolute Gasteiger partial charge is 0.267 e. The second-order valence-electron chi connectivity index (χ2n) is 3.29. The lowest BCUT2D eigenvalue weighted by Gasteiger charge is -2.09. The number of hydrazine groups is 1. The average molecular weight is 317 g/mol. The van der Waals surface area contributed by atoms with Crippen molar-refractivity contribution in [2.75, 3.05) is 0 Å². The van der Waals surface area contributed by atoms with Crippen LogP contribution in [0, 0.1) is 0 Å². The van der Waals surface area contributed by atoms with Crippen LogP contribution in [0.5, 0.6) is 0 Å². The molecule has 0 aliphatic rings. The first-order chi connectivity index (χ1) is 12.9. The minimum absolute atomic E-state index is 0.558. The van der Waals surface area contributed by atoms with Crippen LogP contribution in [0.2, 0.25) is 10.0 Å². The summed E-state index contributed by atoms with van der Waals surface area (Å²) in [6.45, 7) is 0. The summed E-state index contributed by atoms with van der Waals surface area (Å²) in [6, 6.07) is -5.41. The van der Waals surface area contributed by atoms with Crippen molar-refractivity contribution < 1.29 is 20.6 Å². The second kappa shape index (κ2) is 6.41. The summed E-state index contributed by atoms with van der Waals surface area (Å²) in [6.07, 6.45) is 0. The lowest BCUT2D eigenvalue weighted by molar-refractivity contribution is 0.0847. The Kier molecular flexibility index (Phi) is 2.28. The Labute approximate surface area is 136 Å². The van der Waals surface area contributed by atoms with Gasteiger partial charge in [0.15, 0.2) is 0 Å². The molecule has 0 radical (unpaired) electrons. The molecule has 2 rings (SSSR count). The monoisotopic (exact) mass is 316 g/mol. The Bertz CT molecular complexity index is 892. The minimum atomic E-state index is -1.16. The number of rotatable bonds is 2. The van der Waals surface area contributed by atoms with E-state index in [-0.39, 0.29) is 0 Å². The highest BCUT2D eigenvalue weighted by atomic mass is 35.5. The summed E-state index contributed by atoms with van der Waals surface area (Å²) in [7, 11) is 0. The maximum Gasteiger partial charge on any atom is 0.271 e. The first-order valence-corrected chi connectivity index (χ1v) is 5.79. The average Bonchev–Trinajstić information content (AvgIpc) is 2.66. The number of nitrogens with one attached hydrogen (secondary N) is 2. The lowest BCUT2D eigenvalue weighted by Crippen LogP contribution is -2.41. The Balaban J connectivity index is 2.34. The van der Waals surface area contributed by atoms with Crippen molar-refractivity contribution >= 4 is 35.0 Å². The highest BCUT2D eigenvalue weighted by molar-refractivity contribution is 6.34. The molecule has 102 valence electrons. The predicted molar refractivity (Wildman–Crippen MR) is 77.8 cm³/mol. The van der Waals surface area contributed by atoms with E-state index in [4.69, 9.17) is 34.2 Å². The molecule has 2 aromatic carbocycles. The first kappa shape index (κ1) is 7.11. The van der Waals surface area contributed by atoms with Gasteiger partial charge in [-0.25, -0.2) is 0 Å². The van der Waals surface area contributed by atoms with E-state index in [9.17, 15) is 9.59 Å². The molecule has 0 aromatic heterocycles. The molecule has 0 saturated carbocycles. The van der Waals surface area contributed by atoms with E-state index in [0.717, 1.165) is 0 Å². The fraction of sp³-hybridized carbons (Fsp3) is 0. The van der Waals surface area contributed by atoms with Crippen LogP contribution < -0.4 is 10.9 Å². The SMILES string of the molecule is [2H]c1c([2H])c([2H])c(C(=O)NNC(=O)c2c([2H])c([2H])c([2H])c([2H])c2Cl)c(Cl)c1[2H]. The quantitative estimate of drug-likeness (QED) is 0.836. The van der Waals surface area contributed by atoms with Crippen molar-refractivity contribution in [3.8, 4) is 0 Å². The molecule has 2 N–H and O–H groups in total. The van der Waals surface area contributed by atoms with Gasteiger partial charge in [-0.1, -0.05) is 47.4 Å². The molecule has 4 nitrogen and oxygen atoms in total. The van der Waals surface area contributed by atoms with Crippen molar-refractivity contribution in [3.63, 3.8) is 0 Å². The van der Waals surface area contributed by atoms with Gasteiger partial charge in [-0.3, -0.25) is 20.4 Å². The van der Waals surface area contributed by atoms with E-state index >= 15 is 0 Å². The van der Waals surface area contributed by atoms with E-state index in [1.807, 2.05) is 10.9 Å². The standard InChI is InChI=1S/C14H10Cl2N2O2/c15-11-7-3-1-5-9(11)13(19)17-18-14(20)10-6-2-4-8-12(10)16/h1-8H,(H,17,19)(H,18,20)/i1D,2D,3D,4D,5D,6D,7D,8D. The number of hydrogen-bond acceptors (Lipinski definition) is 2. The third kappa shape index (κ3) is 3.29. The zero-order valence-corrected chi connectivity index (χ0v) is 11.1.